The van der Waals surface area contributed by atoms with Crippen molar-refractivity contribution in [3.63, 3.8) is 0 Å². The van der Waals surface area contributed by atoms with E-state index in [0.29, 0.717) is 23.5 Å². The lowest BCUT2D eigenvalue weighted by Crippen LogP contribution is -1.97. The van der Waals surface area contributed by atoms with Crippen LogP contribution in [-0.2, 0) is 6.61 Å². The number of benzene rings is 2. The van der Waals surface area contributed by atoms with Crippen molar-refractivity contribution in [1.82, 2.24) is 0 Å². The minimum atomic E-state index is -0.194. The molecule has 0 fully saturated rings. The molecule has 0 aromatic heterocycles. The number of hydrogen-bond donors (Lipinski definition) is 1. The second-order valence-electron chi connectivity index (χ2n) is 4.06. The molecule has 0 unspecified atom stereocenters. The van der Waals surface area contributed by atoms with Crippen molar-refractivity contribution in [2.45, 2.75) is 6.61 Å². The molecule has 0 radical (unpaired) electrons. The van der Waals surface area contributed by atoms with Gasteiger partial charge in [-0.2, -0.15) is 5.26 Å². The topological polar surface area (TPSA) is 53.2 Å². The van der Waals surface area contributed by atoms with Gasteiger partial charge in [0.05, 0.1) is 5.56 Å². The Labute approximate surface area is 118 Å². The van der Waals surface area contributed by atoms with Crippen molar-refractivity contribution in [3.8, 4) is 23.7 Å². The molecule has 3 heteroatoms. The van der Waals surface area contributed by atoms with Crippen LogP contribution in [-0.4, -0.2) is 11.7 Å². The van der Waals surface area contributed by atoms with Gasteiger partial charge in [-0.05, 0) is 23.8 Å². The van der Waals surface area contributed by atoms with Crippen molar-refractivity contribution in [3.05, 3.63) is 65.2 Å². The maximum Gasteiger partial charge on any atom is 0.138 e. The van der Waals surface area contributed by atoms with Crippen LogP contribution < -0.4 is 4.74 Å². The SMILES string of the molecule is N#Cc1ccc(C#CCO)cc1OCc1ccccc1. The molecule has 98 valence electrons. The number of nitriles is 1. The second kappa shape index (κ2) is 6.99. The van der Waals surface area contributed by atoms with E-state index in [9.17, 15) is 0 Å². The van der Waals surface area contributed by atoms with Crippen LogP contribution in [0.4, 0.5) is 0 Å². The smallest absolute Gasteiger partial charge is 0.138 e. The van der Waals surface area contributed by atoms with Gasteiger partial charge in [0, 0.05) is 5.56 Å². The summed E-state index contributed by atoms with van der Waals surface area (Å²) in [5.74, 6) is 5.87. The predicted molar refractivity (Wildman–Crippen MR) is 75.9 cm³/mol. The van der Waals surface area contributed by atoms with Crippen LogP contribution in [0.5, 0.6) is 5.75 Å². The molecule has 0 aliphatic carbocycles. The van der Waals surface area contributed by atoms with Gasteiger partial charge in [-0.3, -0.25) is 0 Å². The van der Waals surface area contributed by atoms with Crippen LogP contribution in [0.15, 0.2) is 48.5 Å². The molecule has 2 rings (SSSR count). The lowest BCUT2D eigenvalue weighted by atomic mass is 10.1. The molecule has 2 aromatic rings. The summed E-state index contributed by atoms with van der Waals surface area (Å²) in [6.07, 6.45) is 0. The van der Waals surface area contributed by atoms with Crippen LogP contribution in [0, 0.1) is 23.2 Å². The normalized spacial score (nSPS) is 9.20. The molecule has 0 heterocycles. The highest BCUT2D eigenvalue weighted by atomic mass is 16.5. The Kier molecular flexibility index (Phi) is 4.78. The van der Waals surface area contributed by atoms with Gasteiger partial charge in [-0.25, -0.2) is 0 Å². The zero-order chi connectivity index (χ0) is 14.2. The summed E-state index contributed by atoms with van der Waals surface area (Å²) < 4.78 is 5.68. The van der Waals surface area contributed by atoms with Gasteiger partial charge in [0.2, 0.25) is 0 Å². The number of hydrogen-bond acceptors (Lipinski definition) is 3. The Bertz CT molecular complexity index is 676. The summed E-state index contributed by atoms with van der Waals surface area (Å²) >= 11 is 0. The molecular weight excluding hydrogens is 250 g/mol. The van der Waals surface area contributed by atoms with E-state index in [2.05, 4.69) is 17.9 Å². The fraction of sp³-hybridized carbons (Fsp3) is 0.118. The quantitative estimate of drug-likeness (QED) is 0.865. The molecule has 0 saturated carbocycles. The van der Waals surface area contributed by atoms with E-state index < -0.39 is 0 Å². The van der Waals surface area contributed by atoms with Crippen molar-refractivity contribution in [1.29, 1.82) is 5.26 Å². The maximum atomic E-state index is 9.08. The first-order chi connectivity index (χ1) is 9.83. The first-order valence-electron chi connectivity index (χ1n) is 6.14. The molecule has 0 bridgehead atoms. The zero-order valence-corrected chi connectivity index (χ0v) is 10.8. The molecular formula is C17H13NO2. The Morgan fingerprint density at radius 1 is 1.10 bits per heavy atom. The van der Waals surface area contributed by atoms with Crippen molar-refractivity contribution < 1.29 is 9.84 Å². The largest absolute Gasteiger partial charge is 0.487 e. The number of rotatable bonds is 3. The lowest BCUT2D eigenvalue weighted by Gasteiger charge is -2.08. The molecule has 1 N–H and O–H groups in total. The van der Waals surface area contributed by atoms with E-state index in [0.717, 1.165) is 5.56 Å². The summed E-state index contributed by atoms with van der Waals surface area (Å²) in [6.45, 7) is 0.201. The lowest BCUT2D eigenvalue weighted by molar-refractivity contribution is 0.305. The minimum Gasteiger partial charge on any atom is -0.487 e. The van der Waals surface area contributed by atoms with Crippen LogP contribution in [0.25, 0.3) is 0 Å². The number of aliphatic hydroxyl groups is 1. The van der Waals surface area contributed by atoms with E-state index in [1.807, 2.05) is 30.3 Å². The third-order valence-electron chi connectivity index (χ3n) is 2.65. The van der Waals surface area contributed by atoms with Gasteiger partial charge in [0.1, 0.15) is 25.0 Å². The third kappa shape index (κ3) is 3.62. The van der Waals surface area contributed by atoms with Crippen LogP contribution in [0.1, 0.15) is 16.7 Å². The van der Waals surface area contributed by atoms with Crippen molar-refractivity contribution in [2.24, 2.45) is 0 Å². The number of aliphatic hydroxyl groups excluding tert-OH is 1. The Hall–Kier alpha value is -2.75. The fourth-order valence-electron chi connectivity index (χ4n) is 1.69. The molecule has 3 nitrogen and oxygen atoms in total. The molecule has 0 saturated heterocycles. The summed E-state index contributed by atoms with van der Waals surface area (Å²) in [5, 5.41) is 17.8. The monoisotopic (exact) mass is 263 g/mol. The van der Waals surface area contributed by atoms with Crippen molar-refractivity contribution in [2.75, 3.05) is 6.61 Å². The average molecular weight is 263 g/mol. The molecule has 0 atom stereocenters. The Morgan fingerprint density at radius 2 is 1.90 bits per heavy atom. The summed E-state index contributed by atoms with van der Waals surface area (Å²) in [4.78, 5) is 0. The first-order valence-corrected chi connectivity index (χ1v) is 6.14. The Morgan fingerprint density at radius 3 is 2.60 bits per heavy atom. The van der Waals surface area contributed by atoms with Crippen LogP contribution in [0.3, 0.4) is 0 Å². The summed E-state index contributed by atoms with van der Waals surface area (Å²) in [5.41, 5.74) is 2.21. The second-order valence-corrected chi connectivity index (χ2v) is 4.06. The summed E-state index contributed by atoms with van der Waals surface area (Å²) in [7, 11) is 0. The molecule has 0 amide bonds. The van der Waals surface area contributed by atoms with Gasteiger partial charge < -0.3 is 9.84 Å². The third-order valence-corrected chi connectivity index (χ3v) is 2.65. The van der Waals surface area contributed by atoms with E-state index in [-0.39, 0.29) is 6.61 Å². The molecule has 0 aliphatic heterocycles. The van der Waals surface area contributed by atoms with E-state index in [4.69, 9.17) is 15.1 Å². The first kappa shape index (κ1) is 13.7. The zero-order valence-electron chi connectivity index (χ0n) is 10.8. The highest BCUT2D eigenvalue weighted by molar-refractivity contribution is 5.49. The van der Waals surface area contributed by atoms with Gasteiger partial charge >= 0.3 is 0 Å². The van der Waals surface area contributed by atoms with E-state index >= 15 is 0 Å². The molecule has 20 heavy (non-hydrogen) atoms. The Balaban J connectivity index is 2.19. The van der Waals surface area contributed by atoms with E-state index in [1.54, 1.807) is 18.2 Å². The maximum absolute atomic E-state index is 9.08. The predicted octanol–water partition coefficient (Wildman–Crippen LogP) is 2.48. The highest BCUT2D eigenvalue weighted by Crippen LogP contribution is 2.20. The van der Waals surface area contributed by atoms with Gasteiger partial charge in [-0.1, -0.05) is 42.2 Å². The molecule has 0 aliphatic rings. The van der Waals surface area contributed by atoms with Crippen LogP contribution in [0.2, 0.25) is 0 Å². The average Bonchev–Trinajstić information content (AvgIpc) is 2.52. The minimum absolute atomic E-state index is 0.194. The van der Waals surface area contributed by atoms with Crippen molar-refractivity contribution >= 4 is 0 Å². The van der Waals surface area contributed by atoms with Gasteiger partial charge in [0.25, 0.3) is 0 Å². The van der Waals surface area contributed by atoms with Gasteiger partial charge in [-0.15, -0.1) is 0 Å². The molecule has 2 aromatic carbocycles. The fourth-order valence-corrected chi connectivity index (χ4v) is 1.69. The highest BCUT2D eigenvalue weighted by Gasteiger charge is 2.04. The van der Waals surface area contributed by atoms with Gasteiger partial charge in [0.15, 0.2) is 0 Å². The summed E-state index contributed by atoms with van der Waals surface area (Å²) in [6, 6.07) is 16.9. The molecule has 0 spiro atoms. The van der Waals surface area contributed by atoms with E-state index in [1.165, 1.54) is 0 Å². The number of ether oxygens (including phenoxy) is 1. The standard InChI is InChI=1S/C17H13NO2/c18-12-16-9-8-14(7-4-10-19)11-17(16)20-13-15-5-2-1-3-6-15/h1-3,5-6,8-9,11,19H,10,13H2. The van der Waals surface area contributed by atoms with Crippen LogP contribution >= 0.6 is 0 Å². The number of nitrogens with zero attached hydrogens (tertiary/aromatic N) is 1.